The topological polar surface area (TPSA) is 0 Å². The lowest BCUT2D eigenvalue weighted by atomic mass is 9.92. The third-order valence-corrected chi connectivity index (χ3v) is 21.8. The van der Waals surface area contributed by atoms with Gasteiger partial charge in [0.05, 0.1) is 12.8 Å². The van der Waals surface area contributed by atoms with Crippen LogP contribution in [0.4, 0.5) is 35.1 Å². The van der Waals surface area contributed by atoms with Crippen LogP contribution >= 0.6 is 7.92 Å². The SMILES string of the molecule is CCCC(C)[CH2][Al-]([CH2]C(C)CCC)([CH2]C(C)CCC)[CH2]C(C)CCC.CCCC(CC)CCC(C)C[PH+](C)c1cc(F)c(F)c(C(F)(F)C(F)(F)F)c1F. The Morgan fingerprint density at radius 2 is 0.944 bits per heavy atom. The maximum Gasteiger partial charge on any atom is 0.458 e. The van der Waals surface area contributed by atoms with Gasteiger partial charge in [-0.3, -0.25) is 0 Å². The standard InChI is InChI=1S/C20H27F8P.4C6H13.Al/c1-5-7-13(6-2)9-8-12(3)11-29(4)15-10-14(21)17(22)16(18(15)23)19(24,25)20(26,27)28;4*1-4-5-6(2)3;/h10,12-13H,5-9,11H2,1-4H3;4*6H,2,4-5H2,1,3H3;/q;;;;;-1/p+1. The van der Waals surface area contributed by atoms with Crippen LogP contribution in [0.2, 0.25) is 21.1 Å². The lowest BCUT2D eigenvalue weighted by Crippen LogP contribution is -2.41. The van der Waals surface area contributed by atoms with Gasteiger partial charge in [-0.2, -0.15) is 43.1 Å². The van der Waals surface area contributed by atoms with Crippen LogP contribution in [0.25, 0.3) is 0 Å². The Kier molecular flexibility index (Phi) is 26.4. The van der Waals surface area contributed by atoms with E-state index in [-0.39, 0.29) is 5.92 Å². The first-order chi connectivity index (χ1) is 25.1. The maximum absolute atomic E-state index is 14.5. The molecule has 320 valence electrons. The molecule has 0 saturated heterocycles. The lowest BCUT2D eigenvalue weighted by molar-refractivity contribution is -0.291. The summed E-state index contributed by atoms with van der Waals surface area (Å²) < 4.78 is 107. The van der Waals surface area contributed by atoms with Gasteiger partial charge < -0.3 is 0 Å². The second-order valence-electron chi connectivity index (χ2n) is 18.0. The molecule has 0 heterocycles. The molecule has 0 aliphatic rings. The molecule has 1 aromatic carbocycles. The predicted molar refractivity (Wildman–Crippen MR) is 223 cm³/mol. The Morgan fingerprint density at radius 3 is 1.28 bits per heavy atom. The van der Waals surface area contributed by atoms with Crippen molar-refractivity contribution in [2.24, 2.45) is 35.5 Å². The molecule has 0 nitrogen and oxygen atoms in total. The molecule has 10 heteroatoms. The first-order valence-corrected chi connectivity index (χ1v) is 27.2. The second-order valence-corrected chi connectivity index (χ2v) is 25.8. The van der Waals surface area contributed by atoms with Gasteiger partial charge in [0.1, 0.15) is 23.9 Å². The summed E-state index contributed by atoms with van der Waals surface area (Å²) in [6.45, 7) is 27.3. The Bertz CT molecular complexity index is 1080. The molecule has 1 rings (SSSR count). The maximum atomic E-state index is 14.5. The first kappa shape index (κ1) is 53.6. The Hall–Kier alpha value is -0.378. The van der Waals surface area contributed by atoms with E-state index in [0.717, 1.165) is 55.8 Å². The van der Waals surface area contributed by atoms with Crippen molar-refractivity contribution in [1.82, 2.24) is 0 Å². The van der Waals surface area contributed by atoms with Gasteiger partial charge in [-0.05, 0) is 18.3 Å². The Labute approximate surface area is 330 Å². The summed E-state index contributed by atoms with van der Waals surface area (Å²) in [7, 11) is -2.01. The third-order valence-electron chi connectivity index (χ3n) is 12.0. The summed E-state index contributed by atoms with van der Waals surface area (Å²) in [5.41, 5.74) is -2.55. The lowest BCUT2D eigenvalue weighted by Gasteiger charge is -2.44. The molecule has 0 spiro atoms. The van der Waals surface area contributed by atoms with Crippen molar-refractivity contribution in [3.8, 4) is 0 Å². The summed E-state index contributed by atoms with van der Waals surface area (Å²) in [6, 6.07) is 0.424. The van der Waals surface area contributed by atoms with Gasteiger partial charge in [-0.15, -0.1) is 0 Å². The minimum Gasteiger partial charge on any atom is -0.204 e. The van der Waals surface area contributed by atoms with Gasteiger partial charge in [0.25, 0.3) is 0 Å². The van der Waals surface area contributed by atoms with Gasteiger partial charge in [0, 0.05) is 14.0 Å². The van der Waals surface area contributed by atoms with Crippen molar-refractivity contribution in [2.75, 3.05) is 12.8 Å². The molecular formula is C44H80AlF8P. The molecule has 1 aromatic rings. The molecule has 0 bridgehead atoms. The Balaban J connectivity index is 0.00000105. The molecule has 0 N–H and O–H groups in total. The smallest absolute Gasteiger partial charge is 0.204 e. The number of alkyl halides is 5. The summed E-state index contributed by atoms with van der Waals surface area (Å²) in [5, 5.41) is 5.97. The highest BCUT2D eigenvalue weighted by atomic mass is 31.1. The first-order valence-electron chi connectivity index (χ1n) is 21.8. The molecule has 0 fully saturated rings. The molecule has 0 aliphatic carbocycles. The van der Waals surface area contributed by atoms with Crippen molar-refractivity contribution in [1.29, 1.82) is 0 Å². The van der Waals surface area contributed by atoms with Crippen LogP contribution in [-0.2, 0) is 5.92 Å². The van der Waals surface area contributed by atoms with Gasteiger partial charge >= 0.3 is 12.1 Å². The van der Waals surface area contributed by atoms with E-state index >= 15 is 0 Å². The van der Waals surface area contributed by atoms with Crippen LogP contribution in [-0.4, -0.2) is 32.1 Å². The third kappa shape index (κ3) is 18.5. The van der Waals surface area contributed by atoms with Gasteiger partial charge in [-0.1, -0.05) is 177 Å². The summed E-state index contributed by atoms with van der Waals surface area (Å²) in [4.78, 5) is 0. The number of hydrogen-bond donors (Lipinski definition) is 0. The summed E-state index contributed by atoms with van der Waals surface area (Å²) in [6.07, 6.45) is 10.3. The number of hydrogen-bond acceptors (Lipinski definition) is 0. The fourth-order valence-electron chi connectivity index (χ4n) is 9.98. The van der Waals surface area contributed by atoms with E-state index in [2.05, 4.69) is 69.2 Å². The van der Waals surface area contributed by atoms with E-state index in [1.54, 1.807) is 21.1 Å². The molecule has 0 aromatic heterocycles. The number of rotatable bonds is 26. The molecule has 54 heavy (non-hydrogen) atoms. The van der Waals surface area contributed by atoms with E-state index in [9.17, 15) is 35.1 Å². The number of halogens is 8. The number of benzene rings is 1. The van der Waals surface area contributed by atoms with E-state index < -0.39 is 61.4 Å². The zero-order valence-electron chi connectivity index (χ0n) is 36.4. The van der Waals surface area contributed by atoms with Crippen LogP contribution in [0.1, 0.15) is 165 Å². The normalized spacial score (nSPS) is 17.5. The second kappa shape index (κ2) is 26.6. The van der Waals surface area contributed by atoms with Gasteiger partial charge in [0.2, 0.25) is 0 Å². The average molecular weight is 819 g/mol. The van der Waals surface area contributed by atoms with Crippen LogP contribution in [0.15, 0.2) is 6.07 Å². The van der Waals surface area contributed by atoms with Crippen molar-refractivity contribution in [3.63, 3.8) is 0 Å². The molecule has 7 atom stereocenters. The van der Waals surface area contributed by atoms with Crippen LogP contribution in [0.3, 0.4) is 0 Å². The van der Waals surface area contributed by atoms with Crippen LogP contribution < -0.4 is 5.30 Å². The average Bonchev–Trinajstić information content (AvgIpc) is 3.04. The molecule has 7 unspecified atom stereocenters. The summed E-state index contributed by atoms with van der Waals surface area (Å²) >= 11 is -1.55. The molecule has 0 amide bonds. The fourth-order valence-corrected chi connectivity index (χ4v) is 21.2. The zero-order valence-corrected chi connectivity index (χ0v) is 38.5. The van der Waals surface area contributed by atoms with Gasteiger partial charge in [0.15, 0.2) is 17.5 Å². The predicted octanol–water partition coefficient (Wildman–Crippen LogP) is 16.6. The molecular weight excluding hydrogens is 738 g/mol. The van der Waals surface area contributed by atoms with Crippen molar-refractivity contribution in [3.05, 3.63) is 29.1 Å². The minimum absolute atomic E-state index is 0.0545. The highest BCUT2D eigenvalue weighted by Gasteiger charge is 2.62. The highest BCUT2D eigenvalue weighted by Crippen LogP contribution is 2.48. The van der Waals surface area contributed by atoms with Crippen molar-refractivity contribution < 1.29 is 35.1 Å². The van der Waals surface area contributed by atoms with Gasteiger partial charge in [-0.25, -0.2) is 13.2 Å². The van der Waals surface area contributed by atoms with E-state index in [0.29, 0.717) is 18.1 Å². The zero-order chi connectivity index (χ0) is 41.9. The van der Waals surface area contributed by atoms with Crippen molar-refractivity contribution in [2.45, 2.75) is 193 Å². The molecule has 0 aliphatic heterocycles. The van der Waals surface area contributed by atoms with E-state index in [4.69, 9.17) is 0 Å². The molecule has 0 radical (unpaired) electrons. The quantitative estimate of drug-likeness (QED) is 0.0378. The van der Waals surface area contributed by atoms with E-state index in [1.165, 1.54) is 58.0 Å². The largest absolute Gasteiger partial charge is 0.458 e. The van der Waals surface area contributed by atoms with E-state index in [1.807, 2.05) is 6.92 Å². The van der Waals surface area contributed by atoms with Crippen LogP contribution in [0.5, 0.6) is 0 Å². The van der Waals surface area contributed by atoms with Crippen molar-refractivity contribution >= 4 is 26.3 Å². The summed E-state index contributed by atoms with van der Waals surface area (Å²) in [5.74, 6) is -7.76. The monoisotopic (exact) mass is 819 g/mol. The fraction of sp³-hybridized carbons (Fsp3) is 0.864. The minimum atomic E-state index is -6.23. The highest BCUT2D eigenvalue weighted by molar-refractivity contribution is 7.64. The van der Waals surface area contributed by atoms with Crippen LogP contribution in [0, 0.1) is 53.0 Å². The molecule has 0 saturated carbocycles. The Morgan fingerprint density at radius 1 is 0.556 bits per heavy atom.